The highest BCUT2D eigenvalue weighted by Crippen LogP contribution is 2.33. The largest absolute Gasteiger partial charge is 0.489 e. The minimum Gasteiger partial charge on any atom is -0.489 e. The number of benzene rings is 1. The summed E-state index contributed by atoms with van der Waals surface area (Å²) in [7, 11) is -3.27. The van der Waals surface area contributed by atoms with Crippen LogP contribution in [-0.4, -0.2) is 59.0 Å². The molecule has 1 N–H and O–H groups in total. The maximum Gasteiger partial charge on any atom is 0.407 e. The number of likely N-dealkylation sites (tertiary alicyclic amines) is 1. The highest BCUT2D eigenvalue weighted by Gasteiger charge is 2.39. The second-order valence-corrected chi connectivity index (χ2v) is 11.7. The minimum atomic E-state index is -3.27. The van der Waals surface area contributed by atoms with Crippen molar-refractivity contribution in [2.45, 2.75) is 50.7 Å². The van der Waals surface area contributed by atoms with Crippen LogP contribution in [0.4, 0.5) is 4.79 Å². The van der Waals surface area contributed by atoms with Crippen LogP contribution >= 0.6 is 0 Å². The van der Waals surface area contributed by atoms with Crippen molar-refractivity contribution in [3.8, 4) is 11.6 Å². The first-order chi connectivity index (χ1) is 15.4. The van der Waals surface area contributed by atoms with Gasteiger partial charge in [-0.3, -0.25) is 0 Å². The minimum absolute atomic E-state index is 0.0840. The van der Waals surface area contributed by atoms with Crippen molar-refractivity contribution in [1.29, 1.82) is 0 Å². The molecule has 0 aliphatic carbocycles. The Labute approximate surface area is 193 Å². The van der Waals surface area contributed by atoms with Crippen LogP contribution in [0.1, 0.15) is 33.6 Å². The molecular formula is C24H29N3O5S. The summed E-state index contributed by atoms with van der Waals surface area (Å²) in [6.07, 6.45) is 5.01. The van der Waals surface area contributed by atoms with E-state index in [-0.39, 0.29) is 22.5 Å². The Morgan fingerprint density at radius 3 is 2.55 bits per heavy atom. The van der Waals surface area contributed by atoms with Gasteiger partial charge in [-0.05, 0) is 41.8 Å². The Bertz CT molecular complexity index is 1280. The quantitative estimate of drug-likeness (QED) is 0.606. The number of carboxylic acid groups (broad SMARTS) is 1. The summed E-state index contributed by atoms with van der Waals surface area (Å²) in [5.74, 6) is 1.33. The lowest BCUT2D eigenvalue weighted by atomic mass is 9.80. The molecule has 176 valence electrons. The number of rotatable bonds is 4. The standard InChI is InChI=1S/C24H29N3O5S/c1-24(2,3)21-14-17(10-12-27(21)23(28)29)32-18-5-8-22(25-15-18)26-11-9-16-13-19(33(4,30)31)6-7-20(16)26/h5-9,11,13,15,17,21H,10,12,14H2,1-4H3,(H,28,29). The fourth-order valence-electron chi connectivity index (χ4n) is 4.42. The van der Waals surface area contributed by atoms with E-state index >= 15 is 0 Å². The second kappa shape index (κ2) is 8.37. The van der Waals surface area contributed by atoms with Gasteiger partial charge in [-0.1, -0.05) is 20.8 Å². The van der Waals surface area contributed by atoms with E-state index in [0.717, 1.165) is 10.9 Å². The molecule has 4 rings (SSSR count). The highest BCUT2D eigenvalue weighted by molar-refractivity contribution is 7.90. The summed E-state index contributed by atoms with van der Waals surface area (Å²) >= 11 is 0. The third-order valence-electron chi connectivity index (χ3n) is 6.16. The Kier molecular flexibility index (Phi) is 5.86. The summed E-state index contributed by atoms with van der Waals surface area (Å²) in [4.78, 5) is 18.0. The van der Waals surface area contributed by atoms with Crippen molar-refractivity contribution in [3.63, 3.8) is 0 Å². The lowest BCUT2D eigenvalue weighted by molar-refractivity contribution is 0.0129. The number of carbonyl (C=O) groups is 1. The predicted molar refractivity (Wildman–Crippen MR) is 126 cm³/mol. The lowest BCUT2D eigenvalue weighted by Gasteiger charge is -2.44. The van der Waals surface area contributed by atoms with Crippen LogP contribution < -0.4 is 4.74 Å². The number of amides is 1. The molecule has 33 heavy (non-hydrogen) atoms. The molecule has 8 nitrogen and oxygen atoms in total. The zero-order valence-electron chi connectivity index (χ0n) is 19.2. The van der Waals surface area contributed by atoms with Crippen molar-refractivity contribution in [2.24, 2.45) is 5.41 Å². The molecule has 3 heterocycles. The summed E-state index contributed by atoms with van der Waals surface area (Å²) in [6, 6.07) is 10.5. The predicted octanol–water partition coefficient (Wildman–Crippen LogP) is 4.36. The van der Waals surface area contributed by atoms with E-state index in [0.29, 0.717) is 31.0 Å². The molecule has 2 aromatic heterocycles. The number of hydrogen-bond acceptors (Lipinski definition) is 5. The molecule has 1 aliphatic rings. The van der Waals surface area contributed by atoms with Gasteiger partial charge in [-0.2, -0.15) is 0 Å². The Morgan fingerprint density at radius 1 is 1.18 bits per heavy atom. The molecule has 0 saturated carbocycles. The highest BCUT2D eigenvalue weighted by atomic mass is 32.2. The number of nitrogens with zero attached hydrogens (tertiary/aromatic N) is 3. The van der Waals surface area contributed by atoms with Crippen LogP contribution in [0.25, 0.3) is 16.7 Å². The SMILES string of the molecule is CC(C)(C)C1CC(Oc2ccc(-n3ccc4cc(S(C)(=O)=O)ccc43)nc2)CCN1C(=O)O. The monoisotopic (exact) mass is 471 g/mol. The molecule has 1 aromatic carbocycles. The molecule has 2 unspecified atom stereocenters. The molecule has 1 aliphatic heterocycles. The lowest BCUT2D eigenvalue weighted by Crippen LogP contribution is -2.53. The molecule has 2 atom stereocenters. The summed E-state index contributed by atoms with van der Waals surface area (Å²) in [5, 5.41) is 10.4. The zero-order chi connectivity index (χ0) is 24.0. The molecule has 9 heteroatoms. The fraction of sp³-hybridized carbons (Fsp3) is 0.417. The third kappa shape index (κ3) is 4.83. The van der Waals surface area contributed by atoms with Crippen molar-refractivity contribution in [3.05, 3.63) is 48.8 Å². The van der Waals surface area contributed by atoms with Gasteiger partial charge < -0.3 is 19.3 Å². The van der Waals surface area contributed by atoms with Crippen molar-refractivity contribution in [1.82, 2.24) is 14.5 Å². The van der Waals surface area contributed by atoms with Crippen LogP contribution in [0.3, 0.4) is 0 Å². The molecular weight excluding hydrogens is 442 g/mol. The van der Waals surface area contributed by atoms with E-state index in [2.05, 4.69) is 4.98 Å². The fourth-order valence-corrected chi connectivity index (χ4v) is 5.07. The van der Waals surface area contributed by atoms with Gasteiger partial charge in [0.25, 0.3) is 0 Å². The van der Waals surface area contributed by atoms with Crippen LogP contribution in [0, 0.1) is 5.41 Å². The first-order valence-corrected chi connectivity index (χ1v) is 12.8. The van der Waals surface area contributed by atoms with Gasteiger partial charge in [0.1, 0.15) is 17.7 Å². The van der Waals surface area contributed by atoms with Gasteiger partial charge in [-0.15, -0.1) is 0 Å². The van der Waals surface area contributed by atoms with Gasteiger partial charge in [0, 0.05) is 43.3 Å². The summed E-state index contributed by atoms with van der Waals surface area (Å²) in [5.41, 5.74) is 0.673. The number of ether oxygens (including phenoxy) is 1. The number of pyridine rings is 1. The molecule has 0 bridgehead atoms. The van der Waals surface area contributed by atoms with E-state index < -0.39 is 15.9 Å². The van der Waals surface area contributed by atoms with Gasteiger partial charge >= 0.3 is 6.09 Å². The van der Waals surface area contributed by atoms with Gasteiger partial charge in [0.15, 0.2) is 9.84 Å². The van der Waals surface area contributed by atoms with Gasteiger partial charge in [0.2, 0.25) is 0 Å². The number of aromatic nitrogens is 2. The van der Waals surface area contributed by atoms with Gasteiger partial charge in [0.05, 0.1) is 16.6 Å². The molecule has 1 amide bonds. The molecule has 0 radical (unpaired) electrons. The van der Waals surface area contributed by atoms with Crippen molar-refractivity contribution < 1.29 is 23.1 Å². The Balaban J connectivity index is 1.51. The topological polar surface area (TPSA) is 102 Å². The third-order valence-corrected chi connectivity index (χ3v) is 7.27. The average molecular weight is 472 g/mol. The summed E-state index contributed by atoms with van der Waals surface area (Å²) < 4.78 is 31.7. The summed E-state index contributed by atoms with van der Waals surface area (Å²) in [6.45, 7) is 6.59. The van der Waals surface area contributed by atoms with Crippen molar-refractivity contribution in [2.75, 3.05) is 12.8 Å². The van der Waals surface area contributed by atoms with Crippen molar-refractivity contribution >= 4 is 26.8 Å². The second-order valence-electron chi connectivity index (χ2n) is 9.65. The smallest absolute Gasteiger partial charge is 0.407 e. The van der Waals surface area contributed by atoms with E-state index in [1.807, 2.05) is 49.7 Å². The van der Waals surface area contributed by atoms with E-state index in [9.17, 15) is 18.3 Å². The van der Waals surface area contributed by atoms with Crippen LogP contribution in [-0.2, 0) is 9.84 Å². The molecule has 1 fully saturated rings. The van der Waals surface area contributed by atoms with Crippen LogP contribution in [0.5, 0.6) is 5.75 Å². The van der Waals surface area contributed by atoms with Gasteiger partial charge in [-0.25, -0.2) is 18.2 Å². The zero-order valence-corrected chi connectivity index (χ0v) is 20.0. The Hall–Kier alpha value is -3.07. The van der Waals surface area contributed by atoms with E-state index in [1.165, 1.54) is 11.2 Å². The molecule has 3 aromatic rings. The number of fused-ring (bicyclic) bond motifs is 1. The number of sulfone groups is 1. The number of hydrogen-bond donors (Lipinski definition) is 1. The maximum absolute atomic E-state index is 11.8. The van der Waals surface area contributed by atoms with Crippen LogP contribution in [0.15, 0.2) is 53.7 Å². The molecule has 1 saturated heterocycles. The Morgan fingerprint density at radius 2 is 1.94 bits per heavy atom. The van der Waals surface area contributed by atoms with E-state index in [4.69, 9.17) is 4.74 Å². The molecule has 0 spiro atoms. The maximum atomic E-state index is 11.8. The van der Waals surface area contributed by atoms with Crippen LogP contribution in [0.2, 0.25) is 0 Å². The normalized spacial score (nSPS) is 19.6. The van der Waals surface area contributed by atoms with E-state index in [1.54, 1.807) is 24.4 Å². The first kappa shape index (κ1) is 23.1. The average Bonchev–Trinajstić information content (AvgIpc) is 3.16. The first-order valence-electron chi connectivity index (χ1n) is 10.9. The number of piperidine rings is 1.